The summed E-state index contributed by atoms with van der Waals surface area (Å²) in [5.74, 6) is -0.118. The molecule has 3 amide bonds. The van der Waals surface area contributed by atoms with Gasteiger partial charge in [-0.2, -0.15) is 0 Å². The molecular weight excluding hydrogens is 316 g/mol. The van der Waals surface area contributed by atoms with Gasteiger partial charge in [0.15, 0.2) is 0 Å². The first-order valence-corrected chi connectivity index (χ1v) is 9.02. The number of benzene rings is 1. The fourth-order valence-corrected chi connectivity index (χ4v) is 3.25. The number of aromatic nitrogens is 1. The molecule has 0 bridgehead atoms. The normalized spacial score (nSPS) is 16.6. The van der Waals surface area contributed by atoms with Gasteiger partial charge >= 0.3 is 6.03 Å². The standard InChI is InChI=1S/C19H26N4O2/c1-3-13(2)17(22-19(25)23-11-4-5-12-23)18(24)21-16-8-6-7-15-14(16)9-10-20-15/h6-10,13,17,20H,3-5,11-12H2,1-2H3,(H,21,24)(H,22,25)/t13-,17-/m0/s1. The highest BCUT2D eigenvalue weighted by Crippen LogP contribution is 2.23. The van der Waals surface area contributed by atoms with Crippen molar-refractivity contribution in [2.45, 2.75) is 39.2 Å². The molecule has 0 unspecified atom stereocenters. The number of urea groups is 1. The number of carbonyl (C=O) groups is 2. The van der Waals surface area contributed by atoms with Crippen LogP contribution in [0.5, 0.6) is 0 Å². The zero-order valence-corrected chi connectivity index (χ0v) is 14.8. The van der Waals surface area contributed by atoms with Crippen LogP contribution in [-0.4, -0.2) is 41.0 Å². The van der Waals surface area contributed by atoms with Gasteiger partial charge in [-0.25, -0.2) is 4.79 Å². The second kappa shape index (κ2) is 7.59. The minimum absolute atomic E-state index is 0.0528. The molecule has 1 aromatic carbocycles. The molecule has 1 fully saturated rings. The minimum atomic E-state index is -0.549. The number of fused-ring (bicyclic) bond motifs is 1. The predicted octanol–water partition coefficient (Wildman–Crippen LogP) is 3.33. The molecule has 1 saturated heterocycles. The first-order valence-electron chi connectivity index (χ1n) is 9.02. The number of rotatable bonds is 5. The highest BCUT2D eigenvalue weighted by molar-refractivity contribution is 6.04. The number of nitrogens with zero attached hydrogens (tertiary/aromatic N) is 1. The predicted molar refractivity (Wildman–Crippen MR) is 99.5 cm³/mol. The Balaban J connectivity index is 1.74. The fraction of sp³-hybridized carbons (Fsp3) is 0.474. The SMILES string of the molecule is CC[C@H](C)[C@H](NC(=O)N1CCCC1)C(=O)Nc1cccc2[nH]ccc12. The van der Waals surface area contributed by atoms with E-state index in [0.717, 1.165) is 48.9 Å². The van der Waals surface area contributed by atoms with E-state index in [1.165, 1.54) is 0 Å². The number of aromatic amines is 1. The molecule has 0 spiro atoms. The summed E-state index contributed by atoms with van der Waals surface area (Å²) in [6.07, 6.45) is 4.72. The molecule has 6 heteroatoms. The fourth-order valence-electron chi connectivity index (χ4n) is 3.25. The number of likely N-dealkylation sites (tertiary alicyclic amines) is 1. The lowest BCUT2D eigenvalue weighted by Crippen LogP contribution is -2.51. The van der Waals surface area contributed by atoms with Crippen LogP contribution < -0.4 is 10.6 Å². The van der Waals surface area contributed by atoms with Crippen molar-refractivity contribution in [1.82, 2.24) is 15.2 Å². The van der Waals surface area contributed by atoms with E-state index >= 15 is 0 Å². The van der Waals surface area contributed by atoms with Crippen molar-refractivity contribution < 1.29 is 9.59 Å². The van der Waals surface area contributed by atoms with Gasteiger partial charge in [0.05, 0.1) is 5.69 Å². The van der Waals surface area contributed by atoms with Crippen LogP contribution >= 0.6 is 0 Å². The van der Waals surface area contributed by atoms with Crippen LogP contribution in [0, 0.1) is 5.92 Å². The molecule has 3 rings (SSSR count). The topological polar surface area (TPSA) is 77.2 Å². The smallest absolute Gasteiger partial charge is 0.318 e. The highest BCUT2D eigenvalue weighted by atomic mass is 16.2. The number of H-pyrrole nitrogens is 1. The maximum atomic E-state index is 12.9. The maximum Gasteiger partial charge on any atom is 0.318 e. The van der Waals surface area contributed by atoms with Crippen LogP contribution in [0.3, 0.4) is 0 Å². The summed E-state index contributed by atoms with van der Waals surface area (Å²) in [5, 5.41) is 6.89. The van der Waals surface area contributed by atoms with Crippen LogP contribution in [0.4, 0.5) is 10.5 Å². The van der Waals surface area contributed by atoms with Gasteiger partial charge in [-0.3, -0.25) is 4.79 Å². The Hall–Kier alpha value is -2.50. The molecule has 6 nitrogen and oxygen atoms in total. The average Bonchev–Trinajstić information content (AvgIpc) is 3.30. The number of amides is 3. The molecule has 25 heavy (non-hydrogen) atoms. The largest absolute Gasteiger partial charge is 0.361 e. The third-order valence-electron chi connectivity index (χ3n) is 5.02. The quantitative estimate of drug-likeness (QED) is 0.779. The summed E-state index contributed by atoms with van der Waals surface area (Å²) in [5.41, 5.74) is 1.73. The Bertz CT molecular complexity index is 749. The molecule has 2 heterocycles. The number of hydrogen-bond acceptors (Lipinski definition) is 2. The van der Waals surface area contributed by atoms with Gasteiger partial charge in [0, 0.05) is 30.2 Å². The van der Waals surface area contributed by atoms with Gasteiger partial charge < -0.3 is 20.5 Å². The second-order valence-electron chi connectivity index (χ2n) is 6.74. The van der Waals surface area contributed by atoms with Crippen LogP contribution in [0.15, 0.2) is 30.5 Å². The molecule has 0 aliphatic carbocycles. The van der Waals surface area contributed by atoms with E-state index in [1.54, 1.807) is 4.90 Å². The van der Waals surface area contributed by atoms with Gasteiger partial charge in [-0.1, -0.05) is 26.3 Å². The molecule has 2 atom stereocenters. The molecule has 1 aliphatic rings. The second-order valence-corrected chi connectivity index (χ2v) is 6.74. The summed E-state index contributed by atoms with van der Waals surface area (Å²) in [7, 11) is 0. The van der Waals surface area contributed by atoms with Gasteiger partial charge in [0.2, 0.25) is 5.91 Å². The minimum Gasteiger partial charge on any atom is -0.361 e. The zero-order valence-electron chi connectivity index (χ0n) is 14.8. The van der Waals surface area contributed by atoms with E-state index in [1.807, 2.05) is 44.3 Å². The summed E-state index contributed by atoms with van der Waals surface area (Å²) in [4.78, 5) is 30.2. The average molecular weight is 342 g/mol. The van der Waals surface area contributed by atoms with Crippen molar-refractivity contribution in [3.63, 3.8) is 0 Å². The third-order valence-corrected chi connectivity index (χ3v) is 5.02. The van der Waals surface area contributed by atoms with E-state index in [0.29, 0.717) is 0 Å². The number of nitrogens with one attached hydrogen (secondary N) is 3. The van der Waals surface area contributed by atoms with E-state index in [9.17, 15) is 9.59 Å². The van der Waals surface area contributed by atoms with E-state index in [2.05, 4.69) is 15.6 Å². The lowest BCUT2D eigenvalue weighted by Gasteiger charge is -2.26. The molecule has 0 saturated carbocycles. The Kier molecular flexibility index (Phi) is 5.26. The van der Waals surface area contributed by atoms with Crippen LogP contribution in [-0.2, 0) is 4.79 Å². The van der Waals surface area contributed by atoms with Crippen molar-refractivity contribution in [3.05, 3.63) is 30.5 Å². The Morgan fingerprint density at radius 2 is 2.00 bits per heavy atom. The van der Waals surface area contributed by atoms with Gasteiger partial charge in [0.25, 0.3) is 0 Å². The summed E-state index contributed by atoms with van der Waals surface area (Å²) in [6.45, 7) is 5.55. The maximum absolute atomic E-state index is 12.9. The van der Waals surface area contributed by atoms with Gasteiger partial charge in [-0.15, -0.1) is 0 Å². The number of anilines is 1. The van der Waals surface area contributed by atoms with Crippen molar-refractivity contribution in [2.75, 3.05) is 18.4 Å². The Morgan fingerprint density at radius 1 is 1.24 bits per heavy atom. The lowest BCUT2D eigenvalue weighted by molar-refractivity contribution is -0.119. The van der Waals surface area contributed by atoms with Crippen molar-refractivity contribution in [1.29, 1.82) is 0 Å². The van der Waals surface area contributed by atoms with Gasteiger partial charge in [0.1, 0.15) is 6.04 Å². The zero-order chi connectivity index (χ0) is 17.8. The molecule has 0 radical (unpaired) electrons. The summed E-state index contributed by atoms with van der Waals surface area (Å²) < 4.78 is 0. The van der Waals surface area contributed by atoms with Crippen LogP contribution in [0.1, 0.15) is 33.1 Å². The molecule has 134 valence electrons. The summed E-state index contributed by atoms with van der Waals surface area (Å²) >= 11 is 0. The van der Waals surface area contributed by atoms with Crippen LogP contribution in [0.2, 0.25) is 0 Å². The molecular formula is C19H26N4O2. The molecule has 1 aromatic heterocycles. The number of hydrogen-bond donors (Lipinski definition) is 3. The van der Waals surface area contributed by atoms with Crippen molar-refractivity contribution in [2.24, 2.45) is 5.92 Å². The van der Waals surface area contributed by atoms with E-state index in [-0.39, 0.29) is 17.9 Å². The van der Waals surface area contributed by atoms with E-state index < -0.39 is 6.04 Å². The molecule has 3 N–H and O–H groups in total. The van der Waals surface area contributed by atoms with E-state index in [4.69, 9.17) is 0 Å². The van der Waals surface area contributed by atoms with Gasteiger partial charge in [-0.05, 0) is 37.0 Å². The molecule has 1 aliphatic heterocycles. The third kappa shape index (κ3) is 3.78. The summed E-state index contributed by atoms with van der Waals surface area (Å²) in [6, 6.07) is 6.99. The van der Waals surface area contributed by atoms with Crippen LogP contribution in [0.25, 0.3) is 10.9 Å². The first kappa shape index (κ1) is 17.3. The number of carbonyl (C=O) groups excluding carboxylic acids is 2. The van der Waals surface area contributed by atoms with Crippen molar-refractivity contribution >= 4 is 28.5 Å². The lowest BCUT2D eigenvalue weighted by atomic mass is 9.98. The Labute approximate surface area is 148 Å². The molecule has 2 aromatic rings. The monoisotopic (exact) mass is 342 g/mol. The van der Waals surface area contributed by atoms with Crippen molar-refractivity contribution in [3.8, 4) is 0 Å². The first-order chi connectivity index (χ1) is 12.1. The Morgan fingerprint density at radius 3 is 2.72 bits per heavy atom. The highest BCUT2D eigenvalue weighted by Gasteiger charge is 2.29.